The van der Waals surface area contributed by atoms with Crippen LogP contribution in [0, 0.1) is 6.92 Å². The molecule has 0 fully saturated rings. The summed E-state index contributed by atoms with van der Waals surface area (Å²) >= 11 is 5.79. The normalized spacial score (nSPS) is 10.1. The van der Waals surface area contributed by atoms with E-state index in [0.717, 1.165) is 16.8 Å². The van der Waals surface area contributed by atoms with E-state index in [1.165, 1.54) is 0 Å². The molecule has 2 aromatic rings. The summed E-state index contributed by atoms with van der Waals surface area (Å²) in [5.74, 6) is -0.457. The number of hydrogen-bond donors (Lipinski definition) is 2. The molecule has 0 aliphatic rings. The molecule has 0 unspecified atom stereocenters. The van der Waals surface area contributed by atoms with Gasteiger partial charge in [0.25, 0.3) is 0 Å². The van der Waals surface area contributed by atoms with Gasteiger partial charge in [0.1, 0.15) is 0 Å². The zero-order chi connectivity index (χ0) is 15.9. The Morgan fingerprint density at radius 2 is 1.68 bits per heavy atom. The third kappa shape index (κ3) is 4.90. The van der Waals surface area contributed by atoms with Crippen molar-refractivity contribution in [1.29, 1.82) is 0 Å². The zero-order valence-electron chi connectivity index (χ0n) is 12.2. The molecule has 0 aliphatic heterocycles. The van der Waals surface area contributed by atoms with Crippen molar-refractivity contribution in [1.82, 2.24) is 5.32 Å². The summed E-state index contributed by atoms with van der Waals surface area (Å²) in [7, 11) is 0. The third-order valence-corrected chi connectivity index (χ3v) is 3.40. The Morgan fingerprint density at radius 1 is 1.00 bits per heavy atom. The molecule has 0 atom stereocenters. The lowest BCUT2D eigenvalue weighted by Crippen LogP contribution is -2.33. The van der Waals surface area contributed by atoms with E-state index < -0.39 is 0 Å². The third-order valence-electron chi connectivity index (χ3n) is 3.14. The number of nitrogens with one attached hydrogen (secondary N) is 2. The molecule has 22 heavy (non-hydrogen) atoms. The highest BCUT2D eigenvalue weighted by atomic mass is 35.5. The highest BCUT2D eigenvalue weighted by Gasteiger charge is 2.08. The van der Waals surface area contributed by atoms with Gasteiger partial charge in [0.2, 0.25) is 11.8 Å². The van der Waals surface area contributed by atoms with Crippen LogP contribution >= 0.6 is 11.6 Å². The number of para-hydroxylation sites is 1. The van der Waals surface area contributed by atoms with Crippen LogP contribution in [0.25, 0.3) is 0 Å². The van der Waals surface area contributed by atoms with Gasteiger partial charge in [-0.25, -0.2) is 0 Å². The summed E-state index contributed by atoms with van der Waals surface area (Å²) < 4.78 is 0. The molecule has 2 aromatic carbocycles. The van der Waals surface area contributed by atoms with Crippen LogP contribution in [0.2, 0.25) is 5.02 Å². The molecule has 0 heterocycles. The van der Waals surface area contributed by atoms with E-state index in [1.807, 2.05) is 31.2 Å². The second kappa shape index (κ2) is 7.61. The Bertz CT molecular complexity index is 669. The van der Waals surface area contributed by atoms with Crippen LogP contribution in [0.4, 0.5) is 5.69 Å². The Morgan fingerprint density at radius 3 is 2.36 bits per heavy atom. The average molecular weight is 317 g/mol. The summed E-state index contributed by atoms with van der Waals surface area (Å²) in [6, 6.07) is 14.5. The first-order valence-electron chi connectivity index (χ1n) is 6.91. The largest absolute Gasteiger partial charge is 0.347 e. The van der Waals surface area contributed by atoms with Gasteiger partial charge in [0, 0.05) is 10.7 Å². The summed E-state index contributed by atoms with van der Waals surface area (Å²) in [6.07, 6.45) is 0.217. The van der Waals surface area contributed by atoms with Crippen molar-refractivity contribution in [3.05, 3.63) is 64.7 Å². The quantitative estimate of drug-likeness (QED) is 0.891. The van der Waals surface area contributed by atoms with Crippen molar-refractivity contribution in [3.63, 3.8) is 0 Å². The maximum Gasteiger partial charge on any atom is 0.243 e. The maximum absolute atomic E-state index is 11.8. The second-order valence-corrected chi connectivity index (χ2v) is 5.38. The van der Waals surface area contributed by atoms with Crippen molar-refractivity contribution in [3.8, 4) is 0 Å². The molecule has 0 aliphatic carbocycles. The monoisotopic (exact) mass is 316 g/mol. The van der Waals surface area contributed by atoms with Crippen molar-refractivity contribution in [2.75, 3.05) is 11.9 Å². The SMILES string of the molecule is Cc1ccccc1NC(=O)CNC(=O)Cc1ccc(Cl)cc1. The van der Waals surface area contributed by atoms with E-state index >= 15 is 0 Å². The van der Waals surface area contributed by atoms with Gasteiger partial charge < -0.3 is 10.6 Å². The fourth-order valence-electron chi connectivity index (χ4n) is 1.94. The molecule has 0 spiro atoms. The first-order valence-corrected chi connectivity index (χ1v) is 7.29. The molecule has 114 valence electrons. The fourth-order valence-corrected chi connectivity index (χ4v) is 2.06. The summed E-state index contributed by atoms with van der Waals surface area (Å²) in [5.41, 5.74) is 2.57. The molecule has 0 aromatic heterocycles. The molecule has 2 amide bonds. The molecule has 0 saturated carbocycles. The van der Waals surface area contributed by atoms with E-state index in [9.17, 15) is 9.59 Å². The molecular formula is C17H17ClN2O2. The lowest BCUT2D eigenvalue weighted by atomic mass is 10.1. The van der Waals surface area contributed by atoms with Gasteiger partial charge in [-0.3, -0.25) is 9.59 Å². The first-order chi connectivity index (χ1) is 10.5. The minimum atomic E-state index is -0.251. The molecule has 0 saturated heterocycles. The lowest BCUT2D eigenvalue weighted by molar-refractivity contribution is -0.123. The van der Waals surface area contributed by atoms with Crippen LogP contribution in [0.5, 0.6) is 0 Å². The molecule has 0 bridgehead atoms. The number of hydrogen-bond acceptors (Lipinski definition) is 2. The van der Waals surface area contributed by atoms with Gasteiger partial charge in [0.15, 0.2) is 0 Å². The van der Waals surface area contributed by atoms with Gasteiger partial charge in [-0.05, 0) is 36.2 Å². The van der Waals surface area contributed by atoms with Crippen molar-refractivity contribution in [2.45, 2.75) is 13.3 Å². The highest BCUT2D eigenvalue weighted by Crippen LogP contribution is 2.12. The number of halogens is 1. The summed E-state index contributed by atoms with van der Waals surface area (Å²) in [5, 5.41) is 5.99. The van der Waals surface area contributed by atoms with Gasteiger partial charge in [-0.1, -0.05) is 41.9 Å². The van der Waals surface area contributed by atoms with Gasteiger partial charge in [0.05, 0.1) is 13.0 Å². The van der Waals surface area contributed by atoms with Crippen LogP contribution in [0.3, 0.4) is 0 Å². The second-order valence-electron chi connectivity index (χ2n) is 4.94. The maximum atomic E-state index is 11.8. The number of aryl methyl sites for hydroxylation is 1. The fraction of sp³-hybridized carbons (Fsp3) is 0.176. The van der Waals surface area contributed by atoms with Crippen LogP contribution in [0.15, 0.2) is 48.5 Å². The number of benzene rings is 2. The number of carbonyl (C=O) groups excluding carboxylic acids is 2. The molecule has 2 rings (SSSR count). The van der Waals surface area contributed by atoms with Crippen LogP contribution < -0.4 is 10.6 Å². The van der Waals surface area contributed by atoms with Gasteiger partial charge >= 0.3 is 0 Å². The van der Waals surface area contributed by atoms with Crippen LogP contribution in [-0.4, -0.2) is 18.4 Å². The van der Waals surface area contributed by atoms with Crippen molar-refractivity contribution in [2.24, 2.45) is 0 Å². The van der Waals surface area contributed by atoms with Crippen LogP contribution in [0.1, 0.15) is 11.1 Å². The molecule has 4 nitrogen and oxygen atoms in total. The Kier molecular flexibility index (Phi) is 5.55. The topological polar surface area (TPSA) is 58.2 Å². The standard InChI is InChI=1S/C17H17ClN2O2/c1-12-4-2-3-5-15(12)20-17(22)11-19-16(21)10-13-6-8-14(18)9-7-13/h2-9H,10-11H2,1H3,(H,19,21)(H,20,22). The molecule has 2 N–H and O–H groups in total. The Balaban J connectivity index is 1.79. The highest BCUT2D eigenvalue weighted by molar-refractivity contribution is 6.30. The molecule has 0 radical (unpaired) electrons. The van der Waals surface area contributed by atoms with Gasteiger partial charge in [-0.15, -0.1) is 0 Å². The summed E-state index contributed by atoms with van der Waals surface area (Å²) in [4.78, 5) is 23.6. The smallest absolute Gasteiger partial charge is 0.243 e. The van der Waals surface area contributed by atoms with E-state index in [4.69, 9.17) is 11.6 Å². The lowest BCUT2D eigenvalue weighted by Gasteiger charge is -2.09. The van der Waals surface area contributed by atoms with Gasteiger partial charge in [-0.2, -0.15) is 0 Å². The zero-order valence-corrected chi connectivity index (χ0v) is 13.0. The number of rotatable bonds is 5. The number of amides is 2. The van der Waals surface area contributed by atoms with Crippen molar-refractivity contribution >= 4 is 29.1 Å². The molecule has 5 heteroatoms. The Hall–Kier alpha value is -2.33. The van der Waals surface area contributed by atoms with E-state index in [-0.39, 0.29) is 24.8 Å². The van der Waals surface area contributed by atoms with E-state index in [1.54, 1.807) is 24.3 Å². The summed E-state index contributed by atoms with van der Waals surface area (Å²) in [6.45, 7) is 1.86. The minimum Gasteiger partial charge on any atom is -0.347 e. The van der Waals surface area contributed by atoms with E-state index in [2.05, 4.69) is 10.6 Å². The van der Waals surface area contributed by atoms with E-state index in [0.29, 0.717) is 5.02 Å². The van der Waals surface area contributed by atoms with Crippen LogP contribution in [-0.2, 0) is 16.0 Å². The van der Waals surface area contributed by atoms with Crippen molar-refractivity contribution < 1.29 is 9.59 Å². The molecular weight excluding hydrogens is 300 g/mol. The predicted octanol–water partition coefficient (Wildman–Crippen LogP) is 2.95. The first kappa shape index (κ1) is 16.0. The number of anilines is 1. The average Bonchev–Trinajstić information content (AvgIpc) is 2.50. The Labute approximate surface area is 134 Å². The number of carbonyl (C=O) groups is 2. The predicted molar refractivity (Wildman–Crippen MR) is 88.0 cm³/mol. The minimum absolute atomic E-state index is 0.0548.